The summed E-state index contributed by atoms with van der Waals surface area (Å²) in [6, 6.07) is 0. The van der Waals surface area contributed by atoms with Crippen molar-refractivity contribution in [1.29, 1.82) is 0 Å². The predicted molar refractivity (Wildman–Crippen MR) is 116 cm³/mol. The van der Waals surface area contributed by atoms with Crippen LogP contribution in [0.5, 0.6) is 0 Å². The molecule has 0 saturated carbocycles. The number of hydrogen-bond donors (Lipinski definition) is 1. The molecule has 172 valence electrons. The highest BCUT2D eigenvalue weighted by molar-refractivity contribution is 5.94. The van der Waals surface area contributed by atoms with E-state index in [1.54, 1.807) is 6.08 Å². The summed E-state index contributed by atoms with van der Waals surface area (Å²) in [6.45, 7) is 9.70. The van der Waals surface area contributed by atoms with Crippen LogP contribution in [0, 0.1) is 23.2 Å². The van der Waals surface area contributed by atoms with Gasteiger partial charge in [0.1, 0.15) is 12.2 Å². The first-order chi connectivity index (χ1) is 14.5. The van der Waals surface area contributed by atoms with E-state index in [1.165, 1.54) is 0 Å². The second-order valence-corrected chi connectivity index (χ2v) is 10.2. The average molecular weight is 433 g/mol. The van der Waals surface area contributed by atoms with Gasteiger partial charge in [-0.25, -0.2) is 0 Å². The molecule has 0 aromatic carbocycles. The van der Waals surface area contributed by atoms with Crippen molar-refractivity contribution in [2.45, 2.75) is 91.5 Å². The van der Waals surface area contributed by atoms with Crippen molar-refractivity contribution in [3.8, 4) is 0 Å². The molecule has 0 amide bonds. The van der Waals surface area contributed by atoms with Crippen molar-refractivity contribution in [2.24, 2.45) is 23.2 Å². The van der Waals surface area contributed by atoms with E-state index < -0.39 is 11.5 Å². The van der Waals surface area contributed by atoms with Crippen LogP contribution < -0.4 is 0 Å². The van der Waals surface area contributed by atoms with E-state index >= 15 is 0 Å². The molecule has 6 heteroatoms. The maximum absolute atomic E-state index is 12.9. The monoisotopic (exact) mass is 432 g/mol. The molecule has 1 N–H and O–H groups in total. The number of hydrogen-bond acceptors (Lipinski definition) is 6. The third-order valence-electron chi connectivity index (χ3n) is 7.34. The van der Waals surface area contributed by atoms with Crippen LogP contribution in [0.15, 0.2) is 23.3 Å². The summed E-state index contributed by atoms with van der Waals surface area (Å²) >= 11 is 0. The van der Waals surface area contributed by atoms with Crippen molar-refractivity contribution in [2.75, 3.05) is 0 Å². The Morgan fingerprint density at radius 3 is 2.58 bits per heavy atom. The van der Waals surface area contributed by atoms with Gasteiger partial charge < -0.3 is 14.6 Å². The zero-order valence-electron chi connectivity index (χ0n) is 19.3. The molecule has 1 fully saturated rings. The summed E-state index contributed by atoms with van der Waals surface area (Å²) in [4.78, 5) is 37.3. The second kappa shape index (κ2) is 9.27. The average Bonchev–Trinajstić information content (AvgIpc) is 2.67. The molecule has 0 spiro atoms. The van der Waals surface area contributed by atoms with E-state index in [0.717, 1.165) is 11.1 Å². The Labute approximate surface area is 185 Å². The molecule has 0 radical (unpaired) electrons. The molecule has 31 heavy (non-hydrogen) atoms. The Bertz CT molecular complexity index is 792. The lowest BCUT2D eigenvalue weighted by Crippen LogP contribution is -2.44. The number of allylic oxidation sites excluding steroid dienone is 2. The summed E-state index contributed by atoms with van der Waals surface area (Å²) in [6.07, 6.45) is 5.51. The van der Waals surface area contributed by atoms with Crippen LogP contribution in [-0.2, 0) is 23.9 Å². The lowest BCUT2D eigenvalue weighted by Gasteiger charge is -2.43. The van der Waals surface area contributed by atoms with Gasteiger partial charge in [-0.3, -0.25) is 14.4 Å². The molecule has 0 aromatic heterocycles. The van der Waals surface area contributed by atoms with Crippen LogP contribution in [-0.4, -0.2) is 41.1 Å². The van der Waals surface area contributed by atoms with Crippen LogP contribution >= 0.6 is 0 Å². The molecule has 0 bridgehead atoms. The lowest BCUT2D eigenvalue weighted by molar-refractivity contribution is -0.165. The Kier molecular flexibility index (Phi) is 7.09. The quantitative estimate of drug-likeness (QED) is 0.640. The van der Waals surface area contributed by atoms with Gasteiger partial charge in [-0.15, -0.1) is 0 Å². The van der Waals surface area contributed by atoms with Crippen molar-refractivity contribution >= 4 is 17.7 Å². The number of carbonyl (C=O) groups is 3. The summed E-state index contributed by atoms with van der Waals surface area (Å²) in [7, 11) is 0. The summed E-state index contributed by atoms with van der Waals surface area (Å²) in [5.41, 5.74) is 1.47. The van der Waals surface area contributed by atoms with Gasteiger partial charge in [0.05, 0.1) is 17.9 Å². The first-order valence-electron chi connectivity index (χ1n) is 11.5. The normalized spacial score (nSPS) is 33.7. The van der Waals surface area contributed by atoms with Crippen molar-refractivity contribution in [3.05, 3.63) is 23.3 Å². The predicted octanol–water partition coefficient (Wildman–Crippen LogP) is 3.91. The molecule has 1 unspecified atom stereocenters. The maximum Gasteiger partial charge on any atom is 0.311 e. The topological polar surface area (TPSA) is 89.9 Å². The number of ketones is 1. The summed E-state index contributed by atoms with van der Waals surface area (Å²) in [5.74, 6) is -0.773. The van der Waals surface area contributed by atoms with Gasteiger partial charge in [0, 0.05) is 24.7 Å². The number of cyclic esters (lactones) is 1. The molecule has 6 atom stereocenters. The fraction of sp³-hybridized carbons (Fsp3) is 0.720. The molecule has 2 aliphatic carbocycles. The highest BCUT2D eigenvalue weighted by atomic mass is 16.6. The Balaban J connectivity index is 1.82. The smallest absolute Gasteiger partial charge is 0.311 e. The number of ether oxygens (including phenoxy) is 2. The highest BCUT2D eigenvalue weighted by Crippen LogP contribution is 2.45. The summed E-state index contributed by atoms with van der Waals surface area (Å²) < 4.78 is 11.5. The maximum atomic E-state index is 12.9. The van der Waals surface area contributed by atoms with Gasteiger partial charge >= 0.3 is 11.9 Å². The molecular weight excluding hydrogens is 396 g/mol. The van der Waals surface area contributed by atoms with Crippen molar-refractivity contribution in [3.63, 3.8) is 0 Å². The lowest BCUT2D eigenvalue weighted by atomic mass is 9.64. The first kappa shape index (κ1) is 23.7. The van der Waals surface area contributed by atoms with Gasteiger partial charge in [0.15, 0.2) is 5.78 Å². The third kappa shape index (κ3) is 5.28. The number of rotatable bonds is 6. The standard InChI is InChI=1S/C25H36O6/c1-6-25(4,5)24(29)31-21-10-14(2)9-16-11-20(27)15(3)19(23(16)21)8-7-18-12-17(26)13-22(28)30-18/h9,11,15,17-19,21,23,26H,6-8,10,12-13H2,1-5H3/t15-,17-,18-,19+,21+,23?/m1/s1. The van der Waals surface area contributed by atoms with E-state index in [1.807, 2.05) is 34.6 Å². The Morgan fingerprint density at radius 2 is 1.94 bits per heavy atom. The van der Waals surface area contributed by atoms with Crippen LogP contribution in [0.3, 0.4) is 0 Å². The summed E-state index contributed by atoms with van der Waals surface area (Å²) in [5, 5.41) is 9.91. The SMILES string of the molecule is CCC(C)(C)C(=O)O[C@H]1CC(C)=CC2=CC(=O)[C@H](C)[C@H](CC[C@@H]3C[C@@H](O)CC(=O)O3)C21. The van der Waals surface area contributed by atoms with Crippen LogP contribution in [0.2, 0.25) is 0 Å². The van der Waals surface area contributed by atoms with Crippen molar-refractivity contribution < 1.29 is 29.0 Å². The Morgan fingerprint density at radius 1 is 1.23 bits per heavy atom. The van der Waals surface area contributed by atoms with E-state index in [0.29, 0.717) is 32.1 Å². The number of aliphatic hydroxyl groups is 1. The minimum absolute atomic E-state index is 0.0165. The van der Waals surface area contributed by atoms with Crippen LogP contribution in [0.25, 0.3) is 0 Å². The second-order valence-electron chi connectivity index (χ2n) is 10.2. The number of aliphatic hydroxyl groups excluding tert-OH is 1. The Hall–Kier alpha value is -1.95. The zero-order chi connectivity index (χ0) is 22.9. The third-order valence-corrected chi connectivity index (χ3v) is 7.34. The van der Waals surface area contributed by atoms with Gasteiger partial charge in [-0.05, 0) is 57.6 Å². The van der Waals surface area contributed by atoms with E-state index in [9.17, 15) is 19.5 Å². The molecular formula is C25H36O6. The molecule has 1 aliphatic heterocycles. The zero-order valence-corrected chi connectivity index (χ0v) is 19.3. The molecule has 6 nitrogen and oxygen atoms in total. The van der Waals surface area contributed by atoms with Crippen LogP contribution in [0.4, 0.5) is 0 Å². The van der Waals surface area contributed by atoms with Gasteiger partial charge in [-0.2, -0.15) is 0 Å². The van der Waals surface area contributed by atoms with E-state index in [4.69, 9.17) is 9.47 Å². The first-order valence-corrected chi connectivity index (χ1v) is 11.5. The molecule has 3 aliphatic rings. The number of fused-ring (bicyclic) bond motifs is 1. The van der Waals surface area contributed by atoms with Gasteiger partial charge in [-0.1, -0.05) is 25.5 Å². The minimum Gasteiger partial charge on any atom is -0.462 e. The van der Waals surface area contributed by atoms with Gasteiger partial charge in [0.25, 0.3) is 0 Å². The fourth-order valence-electron chi connectivity index (χ4n) is 4.98. The number of carbonyl (C=O) groups excluding carboxylic acids is 3. The molecule has 3 rings (SSSR count). The fourth-order valence-corrected chi connectivity index (χ4v) is 4.98. The number of esters is 2. The minimum atomic E-state index is -0.669. The highest BCUT2D eigenvalue weighted by Gasteiger charge is 2.45. The van der Waals surface area contributed by atoms with Gasteiger partial charge in [0.2, 0.25) is 0 Å². The molecule has 0 aromatic rings. The molecule has 1 saturated heterocycles. The van der Waals surface area contributed by atoms with Crippen LogP contribution in [0.1, 0.15) is 73.1 Å². The molecule has 1 heterocycles. The van der Waals surface area contributed by atoms with E-state index in [-0.39, 0.29) is 54.1 Å². The largest absolute Gasteiger partial charge is 0.462 e. The van der Waals surface area contributed by atoms with E-state index in [2.05, 4.69) is 6.08 Å². The van der Waals surface area contributed by atoms with Crippen molar-refractivity contribution in [1.82, 2.24) is 0 Å².